The SMILES string of the molecule is CC(C)c1ccnc(Cl)c1C(=O)Nc1ncns1. The Morgan fingerprint density at radius 2 is 2.22 bits per heavy atom. The number of anilines is 1. The van der Waals surface area contributed by atoms with Gasteiger partial charge in [0.15, 0.2) is 0 Å². The predicted octanol–water partition coefficient (Wildman–Crippen LogP) is 2.96. The summed E-state index contributed by atoms with van der Waals surface area (Å²) in [6, 6.07) is 1.80. The zero-order chi connectivity index (χ0) is 13.1. The first-order valence-electron chi connectivity index (χ1n) is 5.32. The van der Waals surface area contributed by atoms with Crippen LogP contribution in [-0.4, -0.2) is 20.2 Å². The van der Waals surface area contributed by atoms with Crippen molar-refractivity contribution in [3.63, 3.8) is 0 Å². The summed E-state index contributed by atoms with van der Waals surface area (Å²) in [6.45, 7) is 3.99. The Morgan fingerprint density at radius 1 is 1.44 bits per heavy atom. The zero-order valence-electron chi connectivity index (χ0n) is 9.85. The van der Waals surface area contributed by atoms with E-state index in [-0.39, 0.29) is 17.0 Å². The number of nitrogens with zero attached hydrogens (tertiary/aromatic N) is 3. The highest BCUT2D eigenvalue weighted by Gasteiger charge is 2.19. The van der Waals surface area contributed by atoms with Crippen molar-refractivity contribution in [3.8, 4) is 0 Å². The Bertz CT molecular complexity index is 556. The third kappa shape index (κ3) is 2.65. The highest BCUT2D eigenvalue weighted by atomic mass is 35.5. The van der Waals surface area contributed by atoms with Crippen molar-refractivity contribution >= 4 is 34.2 Å². The Morgan fingerprint density at radius 3 is 2.83 bits per heavy atom. The van der Waals surface area contributed by atoms with Crippen LogP contribution in [0.3, 0.4) is 0 Å². The first-order valence-corrected chi connectivity index (χ1v) is 6.47. The van der Waals surface area contributed by atoms with Crippen molar-refractivity contribution in [2.24, 2.45) is 0 Å². The molecule has 2 rings (SSSR count). The van der Waals surface area contributed by atoms with Gasteiger partial charge in [0.2, 0.25) is 5.13 Å². The average Bonchev–Trinajstić information content (AvgIpc) is 2.81. The monoisotopic (exact) mass is 282 g/mol. The molecular formula is C11H11ClN4OS. The third-order valence-corrected chi connectivity index (χ3v) is 3.23. The van der Waals surface area contributed by atoms with Crippen molar-refractivity contribution in [2.45, 2.75) is 19.8 Å². The number of amides is 1. The maximum absolute atomic E-state index is 12.2. The van der Waals surface area contributed by atoms with Crippen LogP contribution in [0.15, 0.2) is 18.6 Å². The van der Waals surface area contributed by atoms with Gasteiger partial charge in [0.25, 0.3) is 5.91 Å². The van der Waals surface area contributed by atoms with Gasteiger partial charge in [-0.1, -0.05) is 25.4 Å². The molecule has 2 aromatic rings. The van der Waals surface area contributed by atoms with Crippen LogP contribution in [0, 0.1) is 0 Å². The number of hydrogen-bond donors (Lipinski definition) is 1. The van der Waals surface area contributed by atoms with Crippen molar-refractivity contribution in [2.75, 3.05) is 5.32 Å². The molecule has 0 bridgehead atoms. The van der Waals surface area contributed by atoms with Crippen LogP contribution in [0.5, 0.6) is 0 Å². The second-order valence-electron chi connectivity index (χ2n) is 3.92. The van der Waals surface area contributed by atoms with Crippen LogP contribution in [0.2, 0.25) is 5.15 Å². The molecule has 0 aliphatic heterocycles. The molecule has 0 aliphatic rings. The first-order chi connectivity index (χ1) is 8.59. The van der Waals surface area contributed by atoms with Gasteiger partial charge in [-0.15, -0.1) is 0 Å². The molecule has 0 aromatic carbocycles. The Kier molecular flexibility index (Phi) is 3.88. The molecule has 7 heteroatoms. The lowest BCUT2D eigenvalue weighted by atomic mass is 9.99. The van der Waals surface area contributed by atoms with Gasteiger partial charge in [-0.05, 0) is 17.5 Å². The number of halogens is 1. The summed E-state index contributed by atoms with van der Waals surface area (Å²) in [5.41, 5.74) is 1.25. The van der Waals surface area contributed by atoms with Gasteiger partial charge in [0.05, 0.1) is 5.56 Å². The van der Waals surface area contributed by atoms with Crippen LogP contribution in [-0.2, 0) is 0 Å². The van der Waals surface area contributed by atoms with Gasteiger partial charge in [0.1, 0.15) is 11.5 Å². The molecule has 0 saturated heterocycles. The standard InChI is InChI=1S/C11H11ClN4OS/c1-6(2)7-3-4-13-9(12)8(7)10(17)16-11-14-5-15-18-11/h3-6H,1-2H3,(H,14,15,16,17). The quantitative estimate of drug-likeness (QED) is 0.879. The lowest BCUT2D eigenvalue weighted by molar-refractivity contribution is 0.102. The number of carbonyl (C=O) groups is 1. The number of carbonyl (C=O) groups excluding carboxylic acids is 1. The number of aromatic nitrogens is 3. The first kappa shape index (κ1) is 12.9. The van der Waals surface area contributed by atoms with E-state index in [0.717, 1.165) is 17.1 Å². The topological polar surface area (TPSA) is 67.8 Å². The van der Waals surface area contributed by atoms with E-state index in [4.69, 9.17) is 11.6 Å². The van der Waals surface area contributed by atoms with Gasteiger partial charge in [-0.3, -0.25) is 10.1 Å². The Hall–Kier alpha value is -1.53. The minimum Gasteiger partial charge on any atom is -0.296 e. The molecule has 18 heavy (non-hydrogen) atoms. The second-order valence-corrected chi connectivity index (χ2v) is 5.06. The van der Waals surface area contributed by atoms with Gasteiger partial charge in [-0.25, -0.2) is 9.97 Å². The number of hydrogen-bond acceptors (Lipinski definition) is 5. The lowest BCUT2D eigenvalue weighted by Gasteiger charge is -2.12. The van der Waals surface area contributed by atoms with Gasteiger partial charge in [-0.2, -0.15) is 4.37 Å². The van der Waals surface area contributed by atoms with Crippen LogP contribution < -0.4 is 5.32 Å². The van der Waals surface area contributed by atoms with E-state index in [1.54, 1.807) is 12.3 Å². The summed E-state index contributed by atoms with van der Waals surface area (Å²) >= 11 is 7.11. The zero-order valence-corrected chi connectivity index (χ0v) is 11.4. The fraction of sp³-hybridized carbons (Fsp3) is 0.273. The van der Waals surface area contributed by atoms with Crippen molar-refractivity contribution in [1.82, 2.24) is 14.3 Å². The molecule has 1 amide bonds. The van der Waals surface area contributed by atoms with E-state index in [9.17, 15) is 4.79 Å². The summed E-state index contributed by atoms with van der Waals surface area (Å²) < 4.78 is 3.82. The third-order valence-electron chi connectivity index (χ3n) is 2.37. The van der Waals surface area contributed by atoms with Gasteiger partial charge in [0, 0.05) is 17.7 Å². The van der Waals surface area contributed by atoms with E-state index in [2.05, 4.69) is 19.7 Å². The molecule has 0 saturated carbocycles. The fourth-order valence-corrected chi connectivity index (χ4v) is 2.22. The molecule has 0 radical (unpaired) electrons. The van der Waals surface area contributed by atoms with Gasteiger partial charge >= 0.3 is 0 Å². The molecule has 1 N–H and O–H groups in total. The number of nitrogens with one attached hydrogen (secondary N) is 1. The van der Waals surface area contributed by atoms with Crippen LogP contribution >= 0.6 is 23.1 Å². The highest BCUT2D eigenvalue weighted by molar-refractivity contribution is 7.09. The summed E-state index contributed by atoms with van der Waals surface area (Å²) in [6.07, 6.45) is 2.98. The van der Waals surface area contributed by atoms with E-state index < -0.39 is 0 Å². The Labute approximate surface area is 113 Å². The smallest absolute Gasteiger partial charge is 0.260 e. The van der Waals surface area contributed by atoms with Gasteiger partial charge < -0.3 is 0 Å². The van der Waals surface area contributed by atoms with E-state index in [0.29, 0.717) is 10.7 Å². The normalized spacial score (nSPS) is 10.7. The van der Waals surface area contributed by atoms with Crippen molar-refractivity contribution < 1.29 is 4.79 Å². The van der Waals surface area contributed by atoms with Crippen LogP contribution in [0.4, 0.5) is 5.13 Å². The summed E-state index contributed by atoms with van der Waals surface area (Å²) in [5, 5.41) is 3.29. The van der Waals surface area contributed by atoms with E-state index in [1.807, 2.05) is 13.8 Å². The van der Waals surface area contributed by atoms with Crippen LogP contribution in [0.25, 0.3) is 0 Å². The minimum atomic E-state index is -0.312. The molecule has 0 spiro atoms. The lowest BCUT2D eigenvalue weighted by Crippen LogP contribution is -2.16. The maximum atomic E-state index is 12.2. The highest BCUT2D eigenvalue weighted by Crippen LogP contribution is 2.25. The van der Waals surface area contributed by atoms with Crippen molar-refractivity contribution in [3.05, 3.63) is 34.9 Å². The minimum absolute atomic E-state index is 0.181. The molecule has 2 heterocycles. The molecule has 0 atom stereocenters. The van der Waals surface area contributed by atoms with E-state index >= 15 is 0 Å². The fourth-order valence-electron chi connectivity index (χ4n) is 1.54. The molecular weight excluding hydrogens is 272 g/mol. The summed E-state index contributed by atoms with van der Waals surface area (Å²) in [4.78, 5) is 20.0. The van der Waals surface area contributed by atoms with E-state index in [1.165, 1.54) is 6.33 Å². The predicted molar refractivity (Wildman–Crippen MR) is 71.2 cm³/mol. The summed E-state index contributed by atoms with van der Waals surface area (Å²) in [7, 11) is 0. The molecule has 2 aromatic heterocycles. The van der Waals surface area contributed by atoms with Crippen LogP contribution in [0.1, 0.15) is 35.7 Å². The Balaban J connectivity index is 2.35. The largest absolute Gasteiger partial charge is 0.296 e. The maximum Gasteiger partial charge on any atom is 0.260 e. The average molecular weight is 283 g/mol. The number of pyridine rings is 1. The number of rotatable bonds is 3. The molecule has 0 fully saturated rings. The van der Waals surface area contributed by atoms with Crippen molar-refractivity contribution in [1.29, 1.82) is 0 Å². The molecule has 0 aliphatic carbocycles. The molecule has 94 valence electrons. The summed E-state index contributed by atoms with van der Waals surface area (Å²) in [5.74, 6) is -0.130. The second kappa shape index (κ2) is 5.41. The molecule has 0 unspecified atom stereocenters. The molecule has 5 nitrogen and oxygen atoms in total.